The molecule has 0 aliphatic carbocycles. The summed E-state index contributed by atoms with van der Waals surface area (Å²) in [5.41, 5.74) is 5.32. The molecule has 1 unspecified atom stereocenters. The first-order chi connectivity index (χ1) is 6.29. The van der Waals surface area contributed by atoms with Crippen LogP contribution < -0.4 is 10.6 Å². The molecule has 0 amide bonds. The Labute approximate surface area is 75.7 Å². The summed E-state index contributed by atoms with van der Waals surface area (Å²) in [6.45, 7) is 1.66. The first-order valence-corrected chi connectivity index (χ1v) is 4.16. The molecule has 1 saturated heterocycles. The Kier molecular flexibility index (Phi) is 2.05. The van der Waals surface area contributed by atoms with E-state index in [0.29, 0.717) is 6.01 Å². The molecule has 72 valence electrons. The lowest BCUT2D eigenvalue weighted by Crippen LogP contribution is -2.22. The second-order valence-corrected chi connectivity index (χ2v) is 3.02. The summed E-state index contributed by atoms with van der Waals surface area (Å²) < 4.78 is 10.3. The molecule has 6 heteroatoms. The van der Waals surface area contributed by atoms with Crippen molar-refractivity contribution >= 4 is 12.0 Å². The predicted molar refractivity (Wildman–Crippen MR) is 46.3 cm³/mol. The van der Waals surface area contributed by atoms with Crippen LogP contribution >= 0.6 is 0 Å². The molecule has 1 fully saturated rings. The van der Waals surface area contributed by atoms with Gasteiger partial charge in [0, 0.05) is 20.2 Å². The Balaban J connectivity index is 2.03. The smallest absolute Gasteiger partial charge is 0.319 e. The summed E-state index contributed by atoms with van der Waals surface area (Å²) in [4.78, 5) is 1.97. The van der Waals surface area contributed by atoms with E-state index in [-0.39, 0.29) is 12.1 Å². The summed E-state index contributed by atoms with van der Waals surface area (Å²) in [6.07, 6.45) is 1.24. The highest BCUT2D eigenvalue weighted by Crippen LogP contribution is 2.20. The van der Waals surface area contributed by atoms with Crippen molar-refractivity contribution < 1.29 is 9.15 Å². The monoisotopic (exact) mass is 184 g/mol. The highest BCUT2D eigenvalue weighted by Gasteiger charge is 2.25. The van der Waals surface area contributed by atoms with Gasteiger partial charge in [-0.25, -0.2) is 0 Å². The molecule has 1 atom stereocenters. The molecule has 0 spiro atoms. The van der Waals surface area contributed by atoms with Crippen molar-refractivity contribution in [2.45, 2.75) is 12.5 Å². The third-order valence-electron chi connectivity index (χ3n) is 2.18. The van der Waals surface area contributed by atoms with Gasteiger partial charge in [-0.05, 0) is 6.42 Å². The third kappa shape index (κ3) is 1.57. The molecule has 6 nitrogen and oxygen atoms in total. The molecule has 1 aliphatic heterocycles. The van der Waals surface area contributed by atoms with Gasteiger partial charge >= 0.3 is 12.0 Å². The lowest BCUT2D eigenvalue weighted by Gasteiger charge is -2.11. The molecule has 0 radical (unpaired) electrons. The van der Waals surface area contributed by atoms with Crippen LogP contribution in [-0.2, 0) is 4.74 Å². The van der Waals surface area contributed by atoms with E-state index >= 15 is 0 Å². The van der Waals surface area contributed by atoms with Crippen molar-refractivity contribution in [2.24, 2.45) is 0 Å². The van der Waals surface area contributed by atoms with Gasteiger partial charge in [0.2, 0.25) is 0 Å². The number of aromatic nitrogens is 2. The minimum Gasteiger partial charge on any atom is -0.390 e. The third-order valence-corrected chi connectivity index (χ3v) is 2.18. The van der Waals surface area contributed by atoms with Crippen molar-refractivity contribution in [1.82, 2.24) is 10.2 Å². The van der Waals surface area contributed by atoms with Crippen LogP contribution in [0.3, 0.4) is 0 Å². The molecule has 0 bridgehead atoms. The Bertz CT molecular complexity index is 288. The van der Waals surface area contributed by atoms with E-state index in [1.54, 1.807) is 7.11 Å². The summed E-state index contributed by atoms with van der Waals surface area (Å²) >= 11 is 0. The maximum absolute atomic E-state index is 5.32. The van der Waals surface area contributed by atoms with Crippen LogP contribution in [0.15, 0.2) is 4.42 Å². The van der Waals surface area contributed by atoms with Crippen LogP contribution in [0.2, 0.25) is 0 Å². The van der Waals surface area contributed by atoms with E-state index in [1.807, 2.05) is 4.90 Å². The number of nitrogen functional groups attached to an aromatic ring is 1. The molecule has 1 aromatic rings. The lowest BCUT2D eigenvalue weighted by atomic mass is 10.3. The minimum atomic E-state index is 0.107. The van der Waals surface area contributed by atoms with E-state index in [2.05, 4.69) is 10.2 Å². The molecule has 0 saturated carbocycles. The van der Waals surface area contributed by atoms with Gasteiger partial charge < -0.3 is 19.8 Å². The van der Waals surface area contributed by atoms with E-state index in [4.69, 9.17) is 14.9 Å². The fourth-order valence-corrected chi connectivity index (χ4v) is 1.45. The van der Waals surface area contributed by atoms with Crippen molar-refractivity contribution in [3.05, 3.63) is 0 Å². The van der Waals surface area contributed by atoms with Crippen molar-refractivity contribution in [2.75, 3.05) is 30.8 Å². The van der Waals surface area contributed by atoms with Crippen LogP contribution in [0.25, 0.3) is 0 Å². The average Bonchev–Trinajstić information content (AvgIpc) is 2.71. The summed E-state index contributed by atoms with van der Waals surface area (Å²) in [7, 11) is 1.70. The van der Waals surface area contributed by atoms with Gasteiger partial charge in [-0.1, -0.05) is 10.2 Å². The molecule has 2 heterocycles. The topological polar surface area (TPSA) is 77.4 Å². The lowest BCUT2D eigenvalue weighted by molar-refractivity contribution is 0.121. The quantitative estimate of drug-likeness (QED) is 0.690. The number of hydrogen-bond acceptors (Lipinski definition) is 6. The molecule has 2 N–H and O–H groups in total. The van der Waals surface area contributed by atoms with Gasteiger partial charge in [0.05, 0.1) is 6.10 Å². The fraction of sp³-hybridized carbons (Fsp3) is 0.714. The highest BCUT2D eigenvalue weighted by molar-refractivity contribution is 5.29. The van der Waals surface area contributed by atoms with Crippen molar-refractivity contribution in [3.63, 3.8) is 0 Å². The van der Waals surface area contributed by atoms with Crippen molar-refractivity contribution in [1.29, 1.82) is 0 Å². The summed E-state index contributed by atoms with van der Waals surface area (Å²) in [5, 5.41) is 7.39. The zero-order chi connectivity index (χ0) is 9.26. The molecular weight excluding hydrogens is 172 g/mol. The summed E-state index contributed by atoms with van der Waals surface area (Å²) in [6, 6.07) is 0.591. The maximum atomic E-state index is 5.32. The summed E-state index contributed by atoms with van der Waals surface area (Å²) in [5.74, 6) is 0. The number of hydrogen-bond donors (Lipinski definition) is 1. The number of methoxy groups -OCH3 is 1. The van der Waals surface area contributed by atoms with Gasteiger partial charge in [-0.2, -0.15) is 0 Å². The number of rotatable bonds is 2. The number of nitrogens with zero attached hydrogens (tertiary/aromatic N) is 3. The van der Waals surface area contributed by atoms with Gasteiger partial charge in [0.1, 0.15) is 0 Å². The maximum Gasteiger partial charge on any atom is 0.319 e. The zero-order valence-corrected chi connectivity index (χ0v) is 7.43. The highest BCUT2D eigenvalue weighted by atomic mass is 16.5. The van der Waals surface area contributed by atoms with Crippen LogP contribution in [0, 0.1) is 0 Å². The molecule has 13 heavy (non-hydrogen) atoms. The van der Waals surface area contributed by atoms with Crippen LogP contribution in [0.5, 0.6) is 0 Å². The SMILES string of the molecule is COC1CCN(c2nnc(N)o2)C1. The normalized spacial score (nSPS) is 22.5. The van der Waals surface area contributed by atoms with Gasteiger partial charge in [-0.3, -0.25) is 0 Å². The van der Waals surface area contributed by atoms with Crippen molar-refractivity contribution in [3.8, 4) is 0 Å². The average molecular weight is 184 g/mol. The van der Waals surface area contributed by atoms with E-state index in [1.165, 1.54) is 0 Å². The first-order valence-electron chi connectivity index (χ1n) is 4.16. The Hall–Kier alpha value is -1.30. The van der Waals surface area contributed by atoms with Crippen LogP contribution in [-0.4, -0.2) is 36.5 Å². The standard InChI is InChI=1S/C7H12N4O2/c1-12-5-2-3-11(4-5)7-10-9-6(8)13-7/h5H,2-4H2,1H3,(H2,8,9). The Morgan fingerprint density at radius 1 is 1.62 bits per heavy atom. The molecular formula is C7H12N4O2. The van der Waals surface area contributed by atoms with Gasteiger partial charge in [0.15, 0.2) is 0 Å². The number of nitrogens with two attached hydrogens (primary N) is 1. The fourth-order valence-electron chi connectivity index (χ4n) is 1.45. The second-order valence-electron chi connectivity index (χ2n) is 3.02. The van der Waals surface area contributed by atoms with Gasteiger partial charge in [-0.15, -0.1) is 0 Å². The van der Waals surface area contributed by atoms with Gasteiger partial charge in [0.25, 0.3) is 0 Å². The van der Waals surface area contributed by atoms with E-state index in [9.17, 15) is 0 Å². The molecule has 1 aliphatic rings. The zero-order valence-electron chi connectivity index (χ0n) is 7.43. The van der Waals surface area contributed by atoms with Crippen LogP contribution in [0.1, 0.15) is 6.42 Å². The molecule has 1 aromatic heterocycles. The van der Waals surface area contributed by atoms with E-state index < -0.39 is 0 Å². The molecule has 2 rings (SSSR count). The largest absolute Gasteiger partial charge is 0.390 e. The number of ether oxygens (including phenoxy) is 1. The minimum absolute atomic E-state index is 0.107. The predicted octanol–water partition coefficient (Wildman–Crippen LogP) is -0.123. The number of anilines is 2. The first kappa shape index (κ1) is 8.31. The Morgan fingerprint density at radius 3 is 3.00 bits per heavy atom. The van der Waals surface area contributed by atoms with E-state index in [0.717, 1.165) is 19.5 Å². The Morgan fingerprint density at radius 2 is 2.46 bits per heavy atom. The second kappa shape index (κ2) is 3.21. The van der Waals surface area contributed by atoms with Crippen LogP contribution in [0.4, 0.5) is 12.0 Å². The molecule has 0 aromatic carbocycles.